The molecule has 22 heavy (non-hydrogen) atoms. The van der Waals surface area contributed by atoms with Crippen molar-refractivity contribution in [1.82, 2.24) is 4.90 Å². The van der Waals surface area contributed by atoms with Gasteiger partial charge in [0, 0.05) is 13.1 Å². The highest BCUT2D eigenvalue weighted by Gasteiger charge is 2.10. The van der Waals surface area contributed by atoms with E-state index >= 15 is 0 Å². The molecule has 1 N–H and O–H groups in total. The van der Waals surface area contributed by atoms with E-state index in [0.29, 0.717) is 13.1 Å². The van der Waals surface area contributed by atoms with Crippen molar-refractivity contribution in [2.75, 3.05) is 13.1 Å². The number of hydrogen-bond donors (Lipinski definition) is 1. The Morgan fingerprint density at radius 1 is 0.727 bits per heavy atom. The Bertz CT molecular complexity index is 244. The van der Waals surface area contributed by atoms with Crippen LogP contribution in [-0.2, 0) is 0 Å². The van der Waals surface area contributed by atoms with E-state index in [0.717, 1.165) is 37.5 Å². The van der Waals surface area contributed by atoms with Crippen molar-refractivity contribution in [2.24, 2.45) is 11.8 Å². The second-order valence-corrected chi connectivity index (χ2v) is 7.46. The van der Waals surface area contributed by atoms with E-state index in [9.17, 15) is 9.90 Å². The van der Waals surface area contributed by atoms with E-state index in [1.54, 1.807) is 4.90 Å². The molecule has 3 nitrogen and oxygen atoms in total. The molecule has 0 aliphatic carbocycles. The molecule has 1 amide bonds. The van der Waals surface area contributed by atoms with Gasteiger partial charge in [0.05, 0.1) is 0 Å². The Labute approximate surface area is 138 Å². The van der Waals surface area contributed by atoms with Crippen molar-refractivity contribution in [3.63, 3.8) is 0 Å². The average Bonchev–Trinajstić information content (AvgIpc) is 2.42. The Morgan fingerprint density at radius 3 is 1.41 bits per heavy atom. The summed E-state index contributed by atoms with van der Waals surface area (Å²) in [6.45, 7) is 10.5. The summed E-state index contributed by atoms with van der Waals surface area (Å²) in [4.78, 5) is 12.9. The van der Waals surface area contributed by atoms with Crippen LogP contribution in [0.25, 0.3) is 0 Å². The molecule has 0 saturated carbocycles. The Kier molecular flexibility index (Phi) is 13.4. The molecular weight excluding hydrogens is 274 g/mol. The van der Waals surface area contributed by atoms with Crippen molar-refractivity contribution in [3.05, 3.63) is 0 Å². The van der Waals surface area contributed by atoms with Gasteiger partial charge in [-0.15, -0.1) is 0 Å². The first-order valence-electron chi connectivity index (χ1n) is 9.41. The van der Waals surface area contributed by atoms with Crippen LogP contribution in [-0.4, -0.2) is 29.2 Å². The van der Waals surface area contributed by atoms with E-state index in [-0.39, 0.29) is 0 Å². The van der Waals surface area contributed by atoms with Crippen LogP contribution in [0.1, 0.15) is 91.9 Å². The Balaban J connectivity index is 3.59. The smallest absolute Gasteiger partial charge is 0.407 e. The number of amides is 1. The first-order chi connectivity index (χ1) is 10.4. The molecule has 0 atom stereocenters. The number of unbranched alkanes of at least 4 members (excludes halogenated alkanes) is 6. The first-order valence-corrected chi connectivity index (χ1v) is 9.41. The fourth-order valence-corrected chi connectivity index (χ4v) is 2.72. The van der Waals surface area contributed by atoms with E-state index in [4.69, 9.17) is 0 Å². The Hall–Kier alpha value is -0.730. The number of rotatable bonds is 14. The molecule has 0 rings (SSSR count). The largest absolute Gasteiger partial charge is 0.465 e. The quantitative estimate of drug-likeness (QED) is 0.389. The molecule has 0 fully saturated rings. The molecule has 0 aliphatic heterocycles. The van der Waals surface area contributed by atoms with Gasteiger partial charge in [-0.05, 0) is 24.7 Å². The third-order valence-corrected chi connectivity index (χ3v) is 4.19. The van der Waals surface area contributed by atoms with Crippen molar-refractivity contribution in [1.29, 1.82) is 0 Å². The first kappa shape index (κ1) is 21.3. The van der Waals surface area contributed by atoms with Gasteiger partial charge in [0.1, 0.15) is 0 Å². The third-order valence-electron chi connectivity index (χ3n) is 4.19. The molecular formula is C19H39NO2. The average molecular weight is 314 g/mol. The zero-order valence-corrected chi connectivity index (χ0v) is 15.4. The van der Waals surface area contributed by atoms with Gasteiger partial charge in [0.15, 0.2) is 0 Å². The van der Waals surface area contributed by atoms with Crippen molar-refractivity contribution in [3.8, 4) is 0 Å². The number of carbonyl (C=O) groups is 1. The highest BCUT2D eigenvalue weighted by atomic mass is 16.4. The molecule has 3 heteroatoms. The summed E-state index contributed by atoms with van der Waals surface area (Å²) < 4.78 is 0. The van der Waals surface area contributed by atoms with Crippen LogP contribution in [0, 0.1) is 11.8 Å². The van der Waals surface area contributed by atoms with Crippen LogP contribution in [0.15, 0.2) is 0 Å². The predicted octanol–water partition coefficient (Wildman–Crippen LogP) is 6.18. The van der Waals surface area contributed by atoms with Gasteiger partial charge in [-0.25, -0.2) is 4.79 Å². The molecule has 0 heterocycles. The van der Waals surface area contributed by atoms with Crippen LogP contribution in [0.5, 0.6) is 0 Å². The van der Waals surface area contributed by atoms with Gasteiger partial charge in [0.25, 0.3) is 0 Å². The van der Waals surface area contributed by atoms with Gasteiger partial charge in [0.2, 0.25) is 0 Å². The maximum Gasteiger partial charge on any atom is 0.407 e. The summed E-state index contributed by atoms with van der Waals surface area (Å²) in [7, 11) is 0. The second-order valence-electron chi connectivity index (χ2n) is 7.46. The van der Waals surface area contributed by atoms with Crippen LogP contribution in [0.2, 0.25) is 0 Å². The molecule has 0 spiro atoms. The topological polar surface area (TPSA) is 40.5 Å². The summed E-state index contributed by atoms with van der Waals surface area (Å²) in [5, 5.41) is 9.25. The number of nitrogens with zero attached hydrogens (tertiary/aromatic N) is 1. The molecule has 132 valence electrons. The number of carboxylic acid groups (broad SMARTS) is 1. The minimum absolute atomic E-state index is 0.711. The highest BCUT2D eigenvalue weighted by Crippen LogP contribution is 2.12. The van der Waals surface area contributed by atoms with Gasteiger partial charge in [-0.1, -0.05) is 79.1 Å². The van der Waals surface area contributed by atoms with Crippen molar-refractivity contribution < 1.29 is 9.90 Å². The van der Waals surface area contributed by atoms with E-state index < -0.39 is 6.09 Å². The highest BCUT2D eigenvalue weighted by molar-refractivity contribution is 5.64. The van der Waals surface area contributed by atoms with Crippen LogP contribution in [0.3, 0.4) is 0 Å². The second kappa shape index (κ2) is 13.9. The van der Waals surface area contributed by atoms with Crippen molar-refractivity contribution >= 4 is 6.09 Å². The summed E-state index contributed by atoms with van der Waals surface area (Å²) >= 11 is 0. The summed E-state index contributed by atoms with van der Waals surface area (Å²) in [6, 6.07) is 0. The zero-order chi connectivity index (χ0) is 16.8. The molecule has 0 aromatic rings. The molecule has 0 radical (unpaired) electrons. The molecule has 0 unspecified atom stereocenters. The van der Waals surface area contributed by atoms with Gasteiger partial charge < -0.3 is 10.0 Å². The lowest BCUT2D eigenvalue weighted by atomic mass is 10.0. The van der Waals surface area contributed by atoms with Crippen molar-refractivity contribution in [2.45, 2.75) is 91.9 Å². The number of hydrogen-bond acceptors (Lipinski definition) is 1. The van der Waals surface area contributed by atoms with Gasteiger partial charge >= 0.3 is 6.09 Å². The maximum atomic E-state index is 11.2. The fraction of sp³-hybridized carbons (Fsp3) is 0.947. The van der Waals surface area contributed by atoms with Gasteiger partial charge in [-0.3, -0.25) is 0 Å². The Morgan fingerprint density at radius 2 is 1.09 bits per heavy atom. The zero-order valence-electron chi connectivity index (χ0n) is 15.4. The van der Waals surface area contributed by atoms with Crippen LogP contribution >= 0.6 is 0 Å². The lowest BCUT2D eigenvalue weighted by molar-refractivity contribution is 0.143. The minimum atomic E-state index is -0.746. The summed E-state index contributed by atoms with van der Waals surface area (Å²) in [5.74, 6) is 1.57. The SMILES string of the molecule is CC(C)CCCCCCN(CCCCCCC(C)C)C(=O)O. The monoisotopic (exact) mass is 313 g/mol. The standard InChI is InChI=1S/C19H39NO2/c1-17(2)13-9-5-7-11-15-20(19(21)22)16-12-8-6-10-14-18(3)4/h17-18H,5-16H2,1-4H3,(H,21,22). The predicted molar refractivity (Wildman–Crippen MR) is 95.4 cm³/mol. The lowest BCUT2D eigenvalue weighted by Gasteiger charge is -2.19. The van der Waals surface area contributed by atoms with Crippen LogP contribution < -0.4 is 0 Å². The minimum Gasteiger partial charge on any atom is -0.465 e. The summed E-state index contributed by atoms with van der Waals surface area (Å²) in [5.41, 5.74) is 0. The van der Waals surface area contributed by atoms with E-state index in [2.05, 4.69) is 27.7 Å². The molecule has 0 aromatic heterocycles. The lowest BCUT2D eigenvalue weighted by Crippen LogP contribution is -2.31. The fourth-order valence-electron chi connectivity index (χ4n) is 2.72. The molecule has 0 bridgehead atoms. The van der Waals surface area contributed by atoms with E-state index in [1.807, 2.05) is 0 Å². The molecule has 0 aromatic carbocycles. The van der Waals surface area contributed by atoms with Crippen LogP contribution in [0.4, 0.5) is 4.79 Å². The van der Waals surface area contributed by atoms with Gasteiger partial charge in [-0.2, -0.15) is 0 Å². The molecule has 0 saturated heterocycles. The third kappa shape index (κ3) is 14.2. The normalized spacial score (nSPS) is 11.4. The molecule has 0 aliphatic rings. The summed E-state index contributed by atoms with van der Waals surface area (Å²) in [6.07, 6.45) is 11.2. The maximum absolute atomic E-state index is 11.2. The van der Waals surface area contributed by atoms with E-state index in [1.165, 1.54) is 38.5 Å².